The molecule has 0 saturated carbocycles. The van der Waals surface area contributed by atoms with Crippen molar-refractivity contribution in [3.05, 3.63) is 59.7 Å². The van der Waals surface area contributed by atoms with Crippen molar-refractivity contribution in [2.45, 2.75) is 37.5 Å². The van der Waals surface area contributed by atoms with Gasteiger partial charge in [-0.3, -0.25) is 4.79 Å². The zero-order chi connectivity index (χ0) is 18.6. The first kappa shape index (κ1) is 18.6. The van der Waals surface area contributed by atoms with Gasteiger partial charge in [0.25, 0.3) is 5.91 Å². The van der Waals surface area contributed by atoms with Crippen molar-refractivity contribution in [3.63, 3.8) is 0 Å². The standard InChI is InChI=1S/C20H24N2O3S/c1-16-9-11-18(12-10-16)21-20(23)17-7-6-8-19(15-17)26(24,25)22-13-4-2-3-5-14-22/h6-12,15H,2-5,13-14H2,1H3,(H,21,23). The van der Waals surface area contributed by atoms with E-state index in [1.54, 1.807) is 18.2 Å². The van der Waals surface area contributed by atoms with Gasteiger partial charge < -0.3 is 5.32 Å². The van der Waals surface area contributed by atoms with E-state index in [1.165, 1.54) is 10.4 Å². The van der Waals surface area contributed by atoms with Gasteiger partial charge in [-0.15, -0.1) is 0 Å². The van der Waals surface area contributed by atoms with Crippen LogP contribution in [0.1, 0.15) is 41.6 Å². The molecule has 0 bridgehead atoms. The second-order valence-electron chi connectivity index (χ2n) is 6.67. The van der Waals surface area contributed by atoms with Crippen molar-refractivity contribution < 1.29 is 13.2 Å². The lowest BCUT2D eigenvalue weighted by Gasteiger charge is -2.20. The molecule has 1 saturated heterocycles. The maximum Gasteiger partial charge on any atom is 0.255 e. The smallest absolute Gasteiger partial charge is 0.255 e. The molecule has 0 unspecified atom stereocenters. The van der Waals surface area contributed by atoms with Gasteiger partial charge in [0.05, 0.1) is 4.90 Å². The molecular weight excluding hydrogens is 348 g/mol. The maximum absolute atomic E-state index is 12.9. The number of benzene rings is 2. The summed E-state index contributed by atoms with van der Waals surface area (Å²) in [7, 11) is -3.57. The highest BCUT2D eigenvalue weighted by Crippen LogP contribution is 2.21. The molecule has 2 aromatic rings. The van der Waals surface area contributed by atoms with Crippen LogP contribution in [0.4, 0.5) is 5.69 Å². The quantitative estimate of drug-likeness (QED) is 0.887. The SMILES string of the molecule is Cc1ccc(NC(=O)c2cccc(S(=O)(=O)N3CCCCCC3)c2)cc1. The molecule has 0 radical (unpaired) electrons. The van der Waals surface area contributed by atoms with E-state index in [2.05, 4.69) is 5.32 Å². The number of carbonyl (C=O) groups is 1. The number of anilines is 1. The van der Waals surface area contributed by atoms with Gasteiger partial charge in [-0.2, -0.15) is 4.31 Å². The van der Waals surface area contributed by atoms with E-state index in [0.29, 0.717) is 24.3 Å². The number of carbonyl (C=O) groups excluding carboxylic acids is 1. The second-order valence-corrected chi connectivity index (χ2v) is 8.60. The van der Waals surface area contributed by atoms with E-state index >= 15 is 0 Å². The summed E-state index contributed by atoms with van der Waals surface area (Å²) in [6.45, 7) is 3.06. The van der Waals surface area contributed by atoms with Crippen molar-refractivity contribution in [2.75, 3.05) is 18.4 Å². The van der Waals surface area contributed by atoms with Crippen LogP contribution in [-0.2, 0) is 10.0 Å². The summed E-state index contributed by atoms with van der Waals surface area (Å²) in [4.78, 5) is 12.7. The first-order chi connectivity index (χ1) is 12.5. The Morgan fingerprint density at radius 2 is 1.62 bits per heavy atom. The van der Waals surface area contributed by atoms with E-state index in [1.807, 2.05) is 31.2 Å². The largest absolute Gasteiger partial charge is 0.322 e. The summed E-state index contributed by atoms with van der Waals surface area (Å²) >= 11 is 0. The predicted molar refractivity (Wildman–Crippen MR) is 103 cm³/mol. The van der Waals surface area contributed by atoms with E-state index < -0.39 is 10.0 Å². The minimum atomic E-state index is -3.57. The molecule has 1 aliphatic rings. The Morgan fingerprint density at radius 1 is 0.962 bits per heavy atom. The third-order valence-electron chi connectivity index (χ3n) is 4.61. The van der Waals surface area contributed by atoms with Crippen LogP contribution in [0, 0.1) is 6.92 Å². The molecule has 1 aliphatic heterocycles. The molecule has 26 heavy (non-hydrogen) atoms. The van der Waals surface area contributed by atoms with E-state index in [9.17, 15) is 13.2 Å². The average Bonchev–Trinajstić information content (AvgIpc) is 2.94. The number of amides is 1. The van der Waals surface area contributed by atoms with Gasteiger partial charge in [0, 0.05) is 24.3 Å². The normalized spacial score (nSPS) is 16.0. The highest BCUT2D eigenvalue weighted by Gasteiger charge is 2.25. The highest BCUT2D eigenvalue weighted by molar-refractivity contribution is 7.89. The maximum atomic E-state index is 12.9. The highest BCUT2D eigenvalue weighted by atomic mass is 32.2. The molecule has 3 rings (SSSR count). The summed E-state index contributed by atoms with van der Waals surface area (Å²) in [5.41, 5.74) is 2.12. The number of aryl methyl sites for hydroxylation is 1. The molecule has 6 heteroatoms. The third kappa shape index (κ3) is 4.31. The van der Waals surface area contributed by atoms with Gasteiger partial charge in [-0.25, -0.2) is 8.42 Å². The lowest BCUT2D eigenvalue weighted by molar-refractivity contribution is 0.102. The van der Waals surface area contributed by atoms with Crippen molar-refractivity contribution in [1.29, 1.82) is 0 Å². The van der Waals surface area contributed by atoms with Crippen LogP contribution in [0.3, 0.4) is 0 Å². The lowest BCUT2D eigenvalue weighted by Crippen LogP contribution is -2.32. The molecule has 0 aromatic heterocycles. The fourth-order valence-electron chi connectivity index (χ4n) is 3.07. The molecule has 0 spiro atoms. The first-order valence-corrected chi connectivity index (χ1v) is 10.4. The fraction of sp³-hybridized carbons (Fsp3) is 0.350. The summed E-state index contributed by atoms with van der Waals surface area (Å²) < 4.78 is 27.3. The zero-order valence-electron chi connectivity index (χ0n) is 14.9. The summed E-state index contributed by atoms with van der Waals surface area (Å²) in [6, 6.07) is 13.7. The van der Waals surface area contributed by atoms with Crippen LogP contribution >= 0.6 is 0 Å². The Balaban J connectivity index is 1.80. The number of rotatable bonds is 4. The van der Waals surface area contributed by atoms with E-state index in [0.717, 1.165) is 31.2 Å². The minimum absolute atomic E-state index is 0.177. The number of hydrogen-bond acceptors (Lipinski definition) is 3. The van der Waals surface area contributed by atoms with Crippen LogP contribution in [0.15, 0.2) is 53.4 Å². The van der Waals surface area contributed by atoms with Gasteiger partial charge in [0.15, 0.2) is 0 Å². The molecule has 2 aromatic carbocycles. The fourth-order valence-corrected chi connectivity index (χ4v) is 4.63. The molecule has 1 N–H and O–H groups in total. The molecule has 138 valence electrons. The minimum Gasteiger partial charge on any atom is -0.322 e. The molecule has 0 atom stereocenters. The molecule has 1 heterocycles. The van der Waals surface area contributed by atoms with Crippen molar-refractivity contribution in [2.24, 2.45) is 0 Å². The van der Waals surface area contributed by atoms with Crippen molar-refractivity contribution >= 4 is 21.6 Å². The average molecular weight is 372 g/mol. The van der Waals surface area contributed by atoms with Crippen LogP contribution in [0.25, 0.3) is 0 Å². The van der Waals surface area contributed by atoms with Gasteiger partial charge in [-0.1, -0.05) is 36.6 Å². The van der Waals surface area contributed by atoms with Crippen LogP contribution in [-0.4, -0.2) is 31.7 Å². The van der Waals surface area contributed by atoms with E-state index in [4.69, 9.17) is 0 Å². The Hall–Kier alpha value is -2.18. The Morgan fingerprint density at radius 3 is 2.27 bits per heavy atom. The van der Waals surface area contributed by atoms with Crippen LogP contribution in [0.5, 0.6) is 0 Å². The molecule has 1 fully saturated rings. The van der Waals surface area contributed by atoms with Gasteiger partial charge in [0.1, 0.15) is 0 Å². The topological polar surface area (TPSA) is 66.5 Å². The first-order valence-electron chi connectivity index (χ1n) is 8.95. The van der Waals surface area contributed by atoms with Crippen molar-refractivity contribution in [1.82, 2.24) is 4.31 Å². The van der Waals surface area contributed by atoms with Crippen LogP contribution in [0.2, 0.25) is 0 Å². The number of hydrogen-bond donors (Lipinski definition) is 1. The van der Waals surface area contributed by atoms with Crippen LogP contribution < -0.4 is 5.32 Å². The monoisotopic (exact) mass is 372 g/mol. The van der Waals surface area contributed by atoms with Gasteiger partial charge in [0.2, 0.25) is 10.0 Å². The molecule has 5 nitrogen and oxygen atoms in total. The molecule has 1 amide bonds. The number of sulfonamides is 1. The zero-order valence-corrected chi connectivity index (χ0v) is 15.8. The van der Waals surface area contributed by atoms with Gasteiger partial charge >= 0.3 is 0 Å². The lowest BCUT2D eigenvalue weighted by atomic mass is 10.2. The predicted octanol–water partition coefficient (Wildman–Crippen LogP) is 3.81. The molecule has 0 aliphatic carbocycles. The Bertz CT molecular complexity index is 868. The van der Waals surface area contributed by atoms with Crippen molar-refractivity contribution in [3.8, 4) is 0 Å². The van der Waals surface area contributed by atoms with E-state index in [-0.39, 0.29) is 10.8 Å². The Kier molecular flexibility index (Phi) is 5.74. The molecular formula is C20H24N2O3S. The Labute approximate surface area is 155 Å². The second kappa shape index (κ2) is 8.01. The number of nitrogens with zero attached hydrogens (tertiary/aromatic N) is 1. The number of nitrogens with one attached hydrogen (secondary N) is 1. The summed E-state index contributed by atoms with van der Waals surface area (Å²) in [6.07, 6.45) is 3.88. The third-order valence-corrected chi connectivity index (χ3v) is 6.50. The summed E-state index contributed by atoms with van der Waals surface area (Å²) in [5.74, 6) is -0.318. The summed E-state index contributed by atoms with van der Waals surface area (Å²) in [5, 5.41) is 2.81. The van der Waals surface area contributed by atoms with Gasteiger partial charge in [-0.05, 0) is 50.1 Å².